The number of aryl methyl sites for hydroxylation is 1. The summed E-state index contributed by atoms with van der Waals surface area (Å²) >= 11 is 6.05. The molecule has 1 heterocycles. The lowest BCUT2D eigenvalue weighted by Crippen LogP contribution is -2.30. The normalized spacial score (nSPS) is 10.6. The Hall–Kier alpha value is -3.19. The summed E-state index contributed by atoms with van der Waals surface area (Å²) < 4.78 is 24.3. The molecular weight excluding hydrogens is 399 g/mol. The fourth-order valence-electron chi connectivity index (χ4n) is 2.75. The monoisotopic (exact) mass is 416 g/mol. The predicted molar refractivity (Wildman–Crippen MR) is 105 cm³/mol. The summed E-state index contributed by atoms with van der Waals surface area (Å²) in [5.41, 5.74) is 0.871. The Balaban J connectivity index is 1.61. The van der Waals surface area contributed by atoms with Crippen LogP contribution in [0.3, 0.4) is 0 Å². The number of benzene rings is 2. The number of nitrogens with zero attached hydrogens (tertiary/aromatic N) is 1. The third kappa shape index (κ3) is 5.00. The maximum absolute atomic E-state index is 14.2. The van der Waals surface area contributed by atoms with Crippen LogP contribution in [0.2, 0.25) is 5.02 Å². The molecule has 2 aromatic carbocycles. The minimum Gasteiger partial charge on any atom is -0.452 e. The van der Waals surface area contributed by atoms with Gasteiger partial charge < -0.3 is 14.6 Å². The van der Waals surface area contributed by atoms with Gasteiger partial charge >= 0.3 is 5.97 Å². The molecule has 0 fully saturated rings. The third-order valence-electron chi connectivity index (χ3n) is 4.18. The zero-order valence-electron chi connectivity index (χ0n) is 15.6. The standard InChI is InChI=1S/C21H18ClFN2O4/c1-13-18(20(25-29-13)19-15(22)8-5-9-16(19)23)21(27)28-12-17(26)24-11-10-14-6-3-2-4-7-14/h2-9H,10-12H2,1H3,(H,24,26). The first-order valence-electron chi connectivity index (χ1n) is 8.85. The number of carbonyl (C=O) groups is 2. The predicted octanol–water partition coefficient (Wildman–Crippen LogP) is 3.96. The van der Waals surface area contributed by atoms with Gasteiger partial charge in [-0.1, -0.05) is 53.2 Å². The van der Waals surface area contributed by atoms with Crippen molar-refractivity contribution in [1.29, 1.82) is 0 Å². The molecule has 3 aromatic rings. The number of hydrogen-bond donors (Lipinski definition) is 1. The zero-order chi connectivity index (χ0) is 20.8. The van der Waals surface area contributed by atoms with Gasteiger partial charge in [0.1, 0.15) is 22.8 Å². The molecule has 0 aliphatic rings. The number of rotatable bonds is 7. The topological polar surface area (TPSA) is 81.4 Å². The molecular formula is C21H18ClFN2O4. The zero-order valence-corrected chi connectivity index (χ0v) is 16.3. The number of nitrogens with one attached hydrogen (secondary N) is 1. The molecule has 1 amide bonds. The van der Waals surface area contributed by atoms with E-state index in [1.54, 1.807) is 0 Å². The molecule has 0 bridgehead atoms. The van der Waals surface area contributed by atoms with Gasteiger partial charge in [-0.2, -0.15) is 0 Å². The molecule has 8 heteroatoms. The van der Waals surface area contributed by atoms with E-state index in [1.807, 2.05) is 30.3 Å². The van der Waals surface area contributed by atoms with Crippen molar-refractivity contribution in [3.63, 3.8) is 0 Å². The Morgan fingerprint density at radius 3 is 2.66 bits per heavy atom. The highest BCUT2D eigenvalue weighted by Gasteiger charge is 2.26. The Morgan fingerprint density at radius 2 is 1.93 bits per heavy atom. The van der Waals surface area contributed by atoms with Crippen molar-refractivity contribution < 1.29 is 23.2 Å². The maximum Gasteiger partial charge on any atom is 0.344 e. The summed E-state index contributed by atoms with van der Waals surface area (Å²) in [6.45, 7) is 1.41. The Labute approximate surface area is 171 Å². The molecule has 3 rings (SSSR count). The maximum atomic E-state index is 14.2. The van der Waals surface area contributed by atoms with Gasteiger partial charge in [-0.25, -0.2) is 9.18 Å². The molecule has 1 N–H and O–H groups in total. The first-order chi connectivity index (χ1) is 14.0. The largest absolute Gasteiger partial charge is 0.452 e. The molecule has 29 heavy (non-hydrogen) atoms. The van der Waals surface area contributed by atoms with Gasteiger partial charge in [-0.05, 0) is 31.0 Å². The number of hydrogen-bond acceptors (Lipinski definition) is 5. The van der Waals surface area contributed by atoms with E-state index >= 15 is 0 Å². The van der Waals surface area contributed by atoms with Crippen LogP contribution < -0.4 is 5.32 Å². The van der Waals surface area contributed by atoms with Crippen LogP contribution >= 0.6 is 11.6 Å². The highest BCUT2D eigenvalue weighted by Crippen LogP contribution is 2.33. The number of ether oxygens (including phenoxy) is 1. The van der Waals surface area contributed by atoms with Crippen molar-refractivity contribution in [3.05, 3.63) is 76.3 Å². The first kappa shape index (κ1) is 20.5. The van der Waals surface area contributed by atoms with Crippen LogP contribution in [0.4, 0.5) is 4.39 Å². The Bertz CT molecular complexity index is 1000. The number of halogens is 2. The molecule has 6 nitrogen and oxygen atoms in total. The van der Waals surface area contributed by atoms with Gasteiger partial charge in [0.25, 0.3) is 5.91 Å². The molecule has 0 aliphatic heterocycles. The van der Waals surface area contributed by atoms with Gasteiger partial charge in [0.05, 0.1) is 10.6 Å². The van der Waals surface area contributed by atoms with Crippen LogP contribution in [-0.2, 0) is 16.0 Å². The lowest BCUT2D eigenvalue weighted by molar-refractivity contribution is -0.124. The molecule has 0 unspecified atom stereocenters. The second-order valence-electron chi connectivity index (χ2n) is 6.22. The van der Waals surface area contributed by atoms with Gasteiger partial charge in [-0.15, -0.1) is 0 Å². The highest BCUT2D eigenvalue weighted by atomic mass is 35.5. The van der Waals surface area contributed by atoms with Crippen molar-refractivity contribution in [2.75, 3.05) is 13.2 Å². The number of carbonyl (C=O) groups excluding carboxylic acids is 2. The number of amides is 1. The lowest BCUT2D eigenvalue weighted by Gasteiger charge is -2.08. The van der Waals surface area contributed by atoms with Crippen LogP contribution in [0.15, 0.2) is 53.1 Å². The fraction of sp³-hybridized carbons (Fsp3) is 0.190. The Morgan fingerprint density at radius 1 is 1.17 bits per heavy atom. The first-order valence-corrected chi connectivity index (χ1v) is 9.23. The van der Waals surface area contributed by atoms with Crippen LogP contribution in [0.5, 0.6) is 0 Å². The van der Waals surface area contributed by atoms with Crippen molar-refractivity contribution in [1.82, 2.24) is 10.5 Å². The van der Waals surface area contributed by atoms with E-state index < -0.39 is 24.3 Å². The number of esters is 1. The molecule has 0 saturated carbocycles. The van der Waals surface area contributed by atoms with Gasteiger partial charge in [-0.3, -0.25) is 4.79 Å². The minimum absolute atomic E-state index is 0.0646. The van der Waals surface area contributed by atoms with Crippen LogP contribution in [0.1, 0.15) is 21.7 Å². The average molecular weight is 417 g/mol. The molecule has 0 aliphatic carbocycles. The summed E-state index contributed by atoms with van der Waals surface area (Å²) in [6, 6.07) is 13.8. The van der Waals surface area contributed by atoms with Gasteiger partial charge in [0.2, 0.25) is 0 Å². The lowest BCUT2D eigenvalue weighted by atomic mass is 10.1. The van der Waals surface area contributed by atoms with E-state index in [2.05, 4.69) is 10.5 Å². The summed E-state index contributed by atoms with van der Waals surface area (Å²) in [5, 5.41) is 6.49. The van der Waals surface area contributed by atoms with Crippen LogP contribution in [-0.4, -0.2) is 30.2 Å². The summed E-state index contributed by atoms with van der Waals surface area (Å²) in [7, 11) is 0. The van der Waals surface area contributed by atoms with Crippen LogP contribution in [0.25, 0.3) is 11.3 Å². The van der Waals surface area contributed by atoms with Crippen molar-refractivity contribution in [2.24, 2.45) is 0 Å². The van der Waals surface area contributed by atoms with Crippen LogP contribution in [0, 0.1) is 12.7 Å². The minimum atomic E-state index is -0.851. The van der Waals surface area contributed by atoms with E-state index in [0.717, 1.165) is 5.56 Å². The van der Waals surface area contributed by atoms with E-state index in [-0.39, 0.29) is 27.6 Å². The molecule has 0 radical (unpaired) electrons. The third-order valence-corrected chi connectivity index (χ3v) is 4.49. The molecule has 1 aromatic heterocycles. The van der Waals surface area contributed by atoms with E-state index in [4.69, 9.17) is 20.9 Å². The van der Waals surface area contributed by atoms with Gasteiger partial charge in [0.15, 0.2) is 6.61 Å². The average Bonchev–Trinajstić information content (AvgIpc) is 3.08. The molecule has 0 spiro atoms. The number of aromatic nitrogens is 1. The molecule has 0 atom stereocenters. The van der Waals surface area contributed by atoms with Crippen molar-refractivity contribution >= 4 is 23.5 Å². The summed E-state index contributed by atoms with van der Waals surface area (Å²) in [4.78, 5) is 24.4. The fourth-order valence-corrected chi connectivity index (χ4v) is 3.00. The SMILES string of the molecule is Cc1onc(-c2c(F)cccc2Cl)c1C(=O)OCC(=O)NCCc1ccccc1. The van der Waals surface area contributed by atoms with E-state index in [0.29, 0.717) is 13.0 Å². The van der Waals surface area contributed by atoms with Crippen molar-refractivity contribution in [3.8, 4) is 11.3 Å². The van der Waals surface area contributed by atoms with Gasteiger partial charge in [0, 0.05) is 6.54 Å². The molecule has 150 valence electrons. The Kier molecular flexibility index (Phi) is 6.61. The van der Waals surface area contributed by atoms with Crippen molar-refractivity contribution in [2.45, 2.75) is 13.3 Å². The quantitative estimate of drug-likeness (QED) is 0.589. The second-order valence-corrected chi connectivity index (χ2v) is 6.63. The smallest absolute Gasteiger partial charge is 0.344 e. The van der Waals surface area contributed by atoms with E-state index in [9.17, 15) is 14.0 Å². The summed E-state index contributed by atoms with van der Waals surface area (Å²) in [5.74, 6) is -1.82. The second kappa shape index (κ2) is 9.34. The highest BCUT2D eigenvalue weighted by molar-refractivity contribution is 6.33. The molecule has 0 saturated heterocycles. The van der Waals surface area contributed by atoms with E-state index in [1.165, 1.54) is 25.1 Å². The summed E-state index contributed by atoms with van der Waals surface area (Å²) in [6.07, 6.45) is 0.654.